The van der Waals surface area contributed by atoms with Crippen LogP contribution in [0.2, 0.25) is 0 Å². The van der Waals surface area contributed by atoms with Gasteiger partial charge in [-0.15, -0.1) is 0 Å². The molecule has 1 fully saturated rings. The predicted molar refractivity (Wildman–Crippen MR) is 121 cm³/mol. The average Bonchev–Trinajstić information content (AvgIpc) is 2.78. The summed E-state index contributed by atoms with van der Waals surface area (Å²) in [6.45, 7) is 4.88. The Labute approximate surface area is 193 Å². The Morgan fingerprint density at radius 2 is 1.67 bits per heavy atom. The highest BCUT2D eigenvalue weighted by Gasteiger charge is 2.43. The summed E-state index contributed by atoms with van der Waals surface area (Å²) in [5, 5.41) is 2.90. The van der Waals surface area contributed by atoms with E-state index in [1.54, 1.807) is 6.92 Å². The van der Waals surface area contributed by atoms with E-state index in [1.807, 2.05) is 31.2 Å². The Morgan fingerprint density at radius 1 is 1.09 bits per heavy atom. The van der Waals surface area contributed by atoms with Gasteiger partial charge >= 0.3 is 6.18 Å². The molecule has 2 aromatic carbocycles. The number of nitrogens with one attached hydrogen (secondary N) is 1. The molecule has 1 atom stereocenters. The van der Waals surface area contributed by atoms with Crippen molar-refractivity contribution in [2.75, 3.05) is 18.4 Å². The second-order valence-electron chi connectivity index (χ2n) is 8.77. The van der Waals surface area contributed by atoms with E-state index in [0.717, 1.165) is 18.9 Å². The lowest BCUT2D eigenvalue weighted by molar-refractivity contribution is -0.146. The first-order chi connectivity index (χ1) is 15.4. The fourth-order valence-corrected chi connectivity index (χ4v) is 5.68. The fraction of sp³-hybridized carbons (Fsp3) is 0.458. The molecule has 5 nitrogen and oxygen atoms in total. The van der Waals surface area contributed by atoms with Crippen LogP contribution in [0.15, 0.2) is 53.4 Å². The molecule has 1 unspecified atom stereocenters. The zero-order valence-electron chi connectivity index (χ0n) is 18.9. The number of piperidine rings is 1. The number of hydrogen-bond donors (Lipinski definition) is 1. The third kappa shape index (κ3) is 5.41. The zero-order valence-corrected chi connectivity index (χ0v) is 19.8. The van der Waals surface area contributed by atoms with Gasteiger partial charge in [0.25, 0.3) is 0 Å². The molecule has 2 aromatic rings. The van der Waals surface area contributed by atoms with Gasteiger partial charge in [0.05, 0.1) is 10.8 Å². The molecule has 180 valence electrons. The summed E-state index contributed by atoms with van der Waals surface area (Å²) < 4.78 is 67.6. The molecule has 0 aromatic heterocycles. The topological polar surface area (TPSA) is 66.5 Å². The fourth-order valence-electron chi connectivity index (χ4n) is 3.94. The van der Waals surface area contributed by atoms with Gasteiger partial charge in [-0.2, -0.15) is 17.5 Å². The molecule has 1 saturated heterocycles. The number of rotatable bonds is 6. The van der Waals surface area contributed by atoms with Crippen LogP contribution < -0.4 is 5.32 Å². The lowest BCUT2D eigenvalue weighted by Crippen LogP contribution is -2.47. The van der Waals surface area contributed by atoms with Crippen LogP contribution in [0.3, 0.4) is 0 Å². The normalized spacial score (nSPS) is 18.0. The van der Waals surface area contributed by atoms with Crippen LogP contribution in [0, 0.1) is 5.41 Å². The van der Waals surface area contributed by atoms with E-state index >= 15 is 0 Å². The molecular formula is C24H29F3N2O3S. The molecule has 0 spiro atoms. The van der Waals surface area contributed by atoms with E-state index in [2.05, 4.69) is 5.32 Å². The molecule has 9 heteroatoms. The number of carbonyl (C=O) groups is 1. The number of amides is 1. The number of aryl methyl sites for hydroxylation is 1. The highest BCUT2D eigenvalue weighted by atomic mass is 32.2. The van der Waals surface area contributed by atoms with Gasteiger partial charge in [0, 0.05) is 24.2 Å². The summed E-state index contributed by atoms with van der Waals surface area (Å²) in [6, 6.07) is 12.8. The lowest BCUT2D eigenvalue weighted by atomic mass is 9.80. The Bertz CT molecular complexity index is 1090. The van der Waals surface area contributed by atoms with Crippen molar-refractivity contribution in [3.8, 4) is 0 Å². The lowest BCUT2D eigenvalue weighted by Gasteiger charge is -2.38. The number of sulfonamides is 1. The van der Waals surface area contributed by atoms with E-state index in [9.17, 15) is 26.4 Å². The van der Waals surface area contributed by atoms with Crippen molar-refractivity contribution in [1.29, 1.82) is 0 Å². The SMILES string of the molecule is CCc1ccc(NC(=O)C2(C)CCN(S(=O)(=O)c3ccccc3C(C)C(F)(F)F)CC2)cc1. The van der Waals surface area contributed by atoms with Crippen LogP contribution in [0.5, 0.6) is 0 Å². The molecule has 1 aliphatic rings. The summed E-state index contributed by atoms with van der Waals surface area (Å²) in [5.41, 5.74) is 0.766. The molecule has 0 bridgehead atoms. The Hall–Kier alpha value is -2.39. The highest BCUT2D eigenvalue weighted by molar-refractivity contribution is 7.89. The standard InChI is InChI=1S/C24H29F3N2O3S/c1-4-18-9-11-19(12-10-18)28-22(30)23(3)13-15-29(16-14-23)33(31,32)21-8-6-5-7-20(21)17(2)24(25,26)27/h5-12,17H,4,13-16H2,1-3H3,(H,28,30). The van der Waals surface area contributed by atoms with Crippen LogP contribution in [-0.2, 0) is 21.2 Å². The van der Waals surface area contributed by atoms with Gasteiger partial charge in [0.15, 0.2) is 0 Å². The number of anilines is 1. The van der Waals surface area contributed by atoms with Gasteiger partial charge < -0.3 is 5.32 Å². The van der Waals surface area contributed by atoms with Crippen molar-refractivity contribution in [2.45, 2.75) is 57.0 Å². The smallest absolute Gasteiger partial charge is 0.326 e. The van der Waals surface area contributed by atoms with Crippen molar-refractivity contribution in [2.24, 2.45) is 5.41 Å². The maximum absolute atomic E-state index is 13.3. The van der Waals surface area contributed by atoms with Crippen LogP contribution in [-0.4, -0.2) is 37.9 Å². The molecule has 0 aliphatic carbocycles. The van der Waals surface area contributed by atoms with E-state index in [0.29, 0.717) is 5.69 Å². The molecule has 1 N–H and O–H groups in total. The number of benzene rings is 2. The van der Waals surface area contributed by atoms with E-state index in [-0.39, 0.29) is 42.3 Å². The summed E-state index contributed by atoms with van der Waals surface area (Å²) >= 11 is 0. The molecule has 1 amide bonds. The van der Waals surface area contributed by atoms with Gasteiger partial charge in [0.1, 0.15) is 0 Å². The van der Waals surface area contributed by atoms with Crippen LogP contribution >= 0.6 is 0 Å². The van der Waals surface area contributed by atoms with Crippen molar-refractivity contribution in [3.63, 3.8) is 0 Å². The van der Waals surface area contributed by atoms with Crippen molar-refractivity contribution < 1.29 is 26.4 Å². The molecule has 0 saturated carbocycles. The number of halogens is 3. The van der Waals surface area contributed by atoms with Gasteiger partial charge in [-0.3, -0.25) is 4.79 Å². The Kier molecular flexibility index (Phi) is 7.24. The number of alkyl halides is 3. The van der Waals surface area contributed by atoms with Gasteiger partial charge in [-0.25, -0.2) is 8.42 Å². The maximum Gasteiger partial charge on any atom is 0.395 e. The zero-order chi connectivity index (χ0) is 24.4. The first-order valence-electron chi connectivity index (χ1n) is 10.9. The molecular weight excluding hydrogens is 453 g/mol. The van der Waals surface area contributed by atoms with E-state index < -0.39 is 27.5 Å². The van der Waals surface area contributed by atoms with Gasteiger partial charge in [-0.05, 0) is 55.5 Å². The Balaban J connectivity index is 1.74. The maximum atomic E-state index is 13.3. The Morgan fingerprint density at radius 3 is 2.21 bits per heavy atom. The van der Waals surface area contributed by atoms with Gasteiger partial charge in [0.2, 0.25) is 15.9 Å². The van der Waals surface area contributed by atoms with Gasteiger partial charge in [-0.1, -0.05) is 44.2 Å². The van der Waals surface area contributed by atoms with E-state index in [4.69, 9.17) is 0 Å². The quantitative estimate of drug-likeness (QED) is 0.604. The second kappa shape index (κ2) is 9.46. The molecule has 1 aliphatic heterocycles. The first kappa shape index (κ1) is 25.2. The third-order valence-corrected chi connectivity index (χ3v) is 8.46. The molecule has 0 radical (unpaired) electrons. The minimum Gasteiger partial charge on any atom is -0.326 e. The third-order valence-electron chi connectivity index (χ3n) is 6.49. The summed E-state index contributed by atoms with van der Waals surface area (Å²) in [6.07, 6.45) is -3.13. The minimum absolute atomic E-state index is 0.0513. The second-order valence-corrected chi connectivity index (χ2v) is 10.7. The average molecular weight is 483 g/mol. The summed E-state index contributed by atoms with van der Waals surface area (Å²) in [5.74, 6) is -2.11. The van der Waals surface area contributed by atoms with Crippen molar-refractivity contribution in [3.05, 3.63) is 59.7 Å². The number of nitrogens with zero attached hydrogens (tertiary/aromatic N) is 1. The van der Waals surface area contributed by atoms with Crippen LogP contribution in [0.25, 0.3) is 0 Å². The van der Waals surface area contributed by atoms with Crippen LogP contribution in [0.1, 0.15) is 50.7 Å². The number of hydrogen-bond acceptors (Lipinski definition) is 3. The van der Waals surface area contributed by atoms with E-state index in [1.165, 1.54) is 28.6 Å². The molecule has 3 rings (SSSR count). The summed E-state index contributed by atoms with van der Waals surface area (Å²) in [4.78, 5) is 12.6. The van der Waals surface area contributed by atoms with Crippen molar-refractivity contribution >= 4 is 21.6 Å². The predicted octanol–water partition coefficient (Wildman–Crippen LogP) is 5.34. The highest BCUT2D eigenvalue weighted by Crippen LogP contribution is 2.39. The largest absolute Gasteiger partial charge is 0.395 e. The minimum atomic E-state index is -4.56. The first-order valence-corrected chi connectivity index (χ1v) is 12.4. The monoisotopic (exact) mass is 482 g/mol. The summed E-state index contributed by atoms with van der Waals surface area (Å²) in [7, 11) is -4.14. The number of carbonyl (C=O) groups excluding carboxylic acids is 1. The van der Waals surface area contributed by atoms with Crippen LogP contribution in [0.4, 0.5) is 18.9 Å². The molecule has 1 heterocycles. The van der Waals surface area contributed by atoms with Crippen molar-refractivity contribution in [1.82, 2.24) is 4.31 Å². The molecule has 33 heavy (non-hydrogen) atoms.